The van der Waals surface area contributed by atoms with Crippen LogP contribution in [0.25, 0.3) is 0 Å². The molecule has 1 N–H and O–H groups in total. The van der Waals surface area contributed by atoms with Crippen molar-refractivity contribution in [2.24, 2.45) is 11.8 Å². The van der Waals surface area contributed by atoms with E-state index < -0.39 is 5.60 Å². The SMILES string of the molecule is CC(C)(C)OC(=O)N1C[C@H]2C(NC(=O)c3nsc(Cl)c3Cl)[C@@H]2C1. The van der Waals surface area contributed by atoms with Gasteiger partial charge in [0.15, 0.2) is 5.69 Å². The Labute approximate surface area is 148 Å². The molecular weight excluding hydrogens is 361 g/mol. The molecule has 1 saturated carbocycles. The van der Waals surface area contributed by atoms with Crippen LogP contribution in [0.4, 0.5) is 4.79 Å². The molecule has 9 heteroatoms. The van der Waals surface area contributed by atoms with E-state index in [2.05, 4.69) is 9.69 Å². The van der Waals surface area contributed by atoms with Gasteiger partial charge in [-0.3, -0.25) is 4.79 Å². The lowest BCUT2D eigenvalue weighted by molar-refractivity contribution is 0.0270. The molecule has 1 aromatic rings. The molecule has 1 aliphatic carbocycles. The first-order chi connectivity index (χ1) is 10.7. The summed E-state index contributed by atoms with van der Waals surface area (Å²) in [6.07, 6.45) is -0.302. The Hall–Kier alpha value is -1.05. The first kappa shape index (κ1) is 16.8. The van der Waals surface area contributed by atoms with Gasteiger partial charge in [0.05, 0.1) is 0 Å². The van der Waals surface area contributed by atoms with Gasteiger partial charge in [0.1, 0.15) is 15.0 Å². The average molecular weight is 378 g/mol. The molecule has 2 amide bonds. The van der Waals surface area contributed by atoms with Crippen LogP contribution in [-0.4, -0.2) is 46.0 Å². The maximum atomic E-state index is 12.1. The minimum Gasteiger partial charge on any atom is -0.444 e. The molecule has 1 aliphatic heterocycles. The Morgan fingerprint density at radius 2 is 1.91 bits per heavy atom. The number of hydrogen-bond donors (Lipinski definition) is 1. The Bertz CT molecular complexity index is 646. The van der Waals surface area contributed by atoms with Gasteiger partial charge in [-0.2, -0.15) is 4.37 Å². The molecule has 2 fully saturated rings. The fourth-order valence-corrected chi connectivity index (χ4v) is 3.83. The van der Waals surface area contributed by atoms with Crippen LogP contribution in [0.15, 0.2) is 0 Å². The number of likely N-dealkylation sites (tertiary alicyclic amines) is 1. The Morgan fingerprint density at radius 3 is 2.39 bits per heavy atom. The number of nitrogens with one attached hydrogen (secondary N) is 1. The van der Waals surface area contributed by atoms with Gasteiger partial charge in [-0.1, -0.05) is 23.2 Å². The molecule has 0 aromatic carbocycles. The number of carbonyl (C=O) groups excluding carboxylic acids is 2. The van der Waals surface area contributed by atoms with E-state index in [-0.39, 0.29) is 40.6 Å². The number of halogens is 2. The molecule has 6 nitrogen and oxygen atoms in total. The van der Waals surface area contributed by atoms with Crippen molar-refractivity contribution in [3.63, 3.8) is 0 Å². The van der Waals surface area contributed by atoms with Crippen molar-refractivity contribution in [3.05, 3.63) is 15.1 Å². The van der Waals surface area contributed by atoms with Gasteiger partial charge in [0.2, 0.25) is 0 Å². The van der Waals surface area contributed by atoms with E-state index in [0.717, 1.165) is 11.5 Å². The lowest BCUT2D eigenvalue weighted by atomic mass is 10.2. The summed E-state index contributed by atoms with van der Waals surface area (Å²) in [4.78, 5) is 25.8. The number of fused-ring (bicyclic) bond motifs is 1. The first-order valence-corrected chi connectivity index (χ1v) is 8.80. The molecule has 23 heavy (non-hydrogen) atoms. The third kappa shape index (κ3) is 3.41. The number of amides is 2. The lowest BCUT2D eigenvalue weighted by Crippen LogP contribution is -2.40. The van der Waals surface area contributed by atoms with Crippen molar-refractivity contribution in [1.82, 2.24) is 14.6 Å². The van der Waals surface area contributed by atoms with E-state index in [0.29, 0.717) is 17.4 Å². The molecule has 1 saturated heterocycles. The highest BCUT2D eigenvalue weighted by molar-refractivity contribution is 7.11. The van der Waals surface area contributed by atoms with E-state index in [1.165, 1.54) is 0 Å². The maximum Gasteiger partial charge on any atom is 0.410 e. The van der Waals surface area contributed by atoms with Gasteiger partial charge in [-0.15, -0.1) is 0 Å². The molecule has 2 aliphatic rings. The van der Waals surface area contributed by atoms with Crippen LogP contribution < -0.4 is 5.32 Å². The summed E-state index contributed by atoms with van der Waals surface area (Å²) in [6, 6.07) is 0.0535. The van der Waals surface area contributed by atoms with Gasteiger partial charge in [-0.05, 0) is 32.3 Å². The number of carbonyl (C=O) groups is 2. The zero-order valence-electron chi connectivity index (χ0n) is 12.9. The molecule has 2 heterocycles. The van der Waals surface area contributed by atoms with Crippen molar-refractivity contribution in [3.8, 4) is 0 Å². The van der Waals surface area contributed by atoms with Crippen LogP contribution in [0, 0.1) is 11.8 Å². The highest BCUT2D eigenvalue weighted by atomic mass is 35.5. The van der Waals surface area contributed by atoms with Gasteiger partial charge < -0.3 is 15.0 Å². The number of hydrogen-bond acceptors (Lipinski definition) is 5. The van der Waals surface area contributed by atoms with Crippen molar-refractivity contribution in [1.29, 1.82) is 0 Å². The molecule has 0 radical (unpaired) electrons. The van der Waals surface area contributed by atoms with Crippen molar-refractivity contribution in [2.75, 3.05) is 13.1 Å². The Balaban J connectivity index is 1.52. The summed E-state index contributed by atoms with van der Waals surface area (Å²) in [5.74, 6) is 0.208. The molecular formula is C14H17Cl2N3O3S. The quantitative estimate of drug-likeness (QED) is 0.859. The summed E-state index contributed by atoms with van der Waals surface area (Å²) in [5, 5.41) is 3.11. The summed E-state index contributed by atoms with van der Waals surface area (Å²) < 4.78 is 9.62. The largest absolute Gasteiger partial charge is 0.444 e. The Kier molecular flexibility index (Phi) is 4.23. The number of rotatable bonds is 2. The number of piperidine rings is 1. The highest BCUT2D eigenvalue weighted by Gasteiger charge is 2.58. The minimum atomic E-state index is -0.502. The zero-order chi connectivity index (χ0) is 16.9. The second kappa shape index (κ2) is 5.79. The fourth-order valence-electron chi connectivity index (χ4n) is 2.84. The molecule has 0 bridgehead atoms. The summed E-state index contributed by atoms with van der Waals surface area (Å²) in [7, 11) is 0. The second-order valence-electron chi connectivity index (χ2n) is 6.83. The third-order valence-corrected chi connectivity index (χ3v) is 5.57. The number of nitrogens with zero attached hydrogens (tertiary/aromatic N) is 2. The molecule has 0 unspecified atom stereocenters. The van der Waals surface area contributed by atoms with Gasteiger partial charge in [0, 0.05) is 31.0 Å². The first-order valence-electron chi connectivity index (χ1n) is 7.27. The van der Waals surface area contributed by atoms with Gasteiger partial charge >= 0.3 is 6.09 Å². The highest BCUT2D eigenvalue weighted by Crippen LogP contribution is 2.46. The van der Waals surface area contributed by atoms with Crippen molar-refractivity contribution in [2.45, 2.75) is 32.4 Å². The van der Waals surface area contributed by atoms with Crippen LogP contribution >= 0.6 is 34.7 Å². The summed E-state index contributed by atoms with van der Waals surface area (Å²) in [5.41, 5.74) is -0.339. The third-order valence-electron chi connectivity index (χ3n) is 3.96. The summed E-state index contributed by atoms with van der Waals surface area (Å²) in [6.45, 7) is 6.71. The van der Waals surface area contributed by atoms with Gasteiger partial charge in [-0.25, -0.2) is 4.79 Å². The van der Waals surface area contributed by atoms with Crippen LogP contribution in [0.5, 0.6) is 0 Å². The molecule has 3 rings (SSSR count). The lowest BCUT2D eigenvalue weighted by Gasteiger charge is -2.26. The van der Waals surface area contributed by atoms with E-state index in [1.54, 1.807) is 4.90 Å². The molecule has 126 valence electrons. The molecule has 1 aromatic heterocycles. The predicted molar refractivity (Wildman–Crippen MR) is 88.2 cm³/mol. The second-order valence-corrected chi connectivity index (χ2v) is 8.58. The van der Waals surface area contributed by atoms with Crippen LogP contribution in [0.3, 0.4) is 0 Å². The average Bonchev–Trinajstić information content (AvgIpc) is 2.80. The smallest absolute Gasteiger partial charge is 0.410 e. The molecule has 2 atom stereocenters. The molecule has 0 spiro atoms. The van der Waals surface area contributed by atoms with Crippen LogP contribution in [0.2, 0.25) is 9.36 Å². The van der Waals surface area contributed by atoms with Crippen molar-refractivity contribution >= 4 is 46.7 Å². The van der Waals surface area contributed by atoms with Crippen LogP contribution in [0.1, 0.15) is 31.3 Å². The Morgan fingerprint density at radius 1 is 1.30 bits per heavy atom. The van der Waals surface area contributed by atoms with Crippen LogP contribution in [-0.2, 0) is 4.74 Å². The standard InChI is InChI=1S/C14H17Cl2N3O3S/c1-14(2,3)22-13(21)19-4-6-7(5-19)9(6)17-12(20)10-8(15)11(16)23-18-10/h6-7,9H,4-5H2,1-3H3,(H,17,20)/t6-,7-/m1/s1. The van der Waals surface area contributed by atoms with E-state index >= 15 is 0 Å². The normalized spacial score (nSPS) is 26.0. The van der Waals surface area contributed by atoms with Gasteiger partial charge in [0.25, 0.3) is 5.91 Å². The van der Waals surface area contributed by atoms with E-state index in [1.807, 2.05) is 20.8 Å². The summed E-state index contributed by atoms with van der Waals surface area (Å²) >= 11 is 12.7. The monoisotopic (exact) mass is 377 g/mol. The minimum absolute atomic E-state index is 0.0535. The number of aromatic nitrogens is 1. The zero-order valence-corrected chi connectivity index (χ0v) is 15.3. The van der Waals surface area contributed by atoms with Crippen molar-refractivity contribution < 1.29 is 14.3 Å². The number of ether oxygens (including phenoxy) is 1. The van der Waals surface area contributed by atoms with E-state index in [4.69, 9.17) is 27.9 Å². The van der Waals surface area contributed by atoms with E-state index in [9.17, 15) is 9.59 Å². The predicted octanol–water partition coefficient (Wildman–Crippen LogP) is 3.05. The maximum absolute atomic E-state index is 12.1. The fraction of sp³-hybridized carbons (Fsp3) is 0.643. The topological polar surface area (TPSA) is 71.5 Å².